The average Bonchev–Trinajstić information content (AvgIpc) is 2.47. The number of pyridine rings is 1. The molecule has 0 aliphatic carbocycles. The third-order valence-corrected chi connectivity index (χ3v) is 3.75. The van der Waals surface area contributed by atoms with Crippen molar-refractivity contribution >= 4 is 11.6 Å². The van der Waals surface area contributed by atoms with E-state index in [1.807, 2.05) is 12.3 Å². The largest absolute Gasteiger partial charge is 0.326 e. The lowest BCUT2D eigenvalue weighted by Gasteiger charge is -2.23. The number of carbonyl (C=O) groups excluding carboxylic acids is 1. The second kappa shape index (κ2) is 5.08. The highest BCUT2D eigenvalue weighted by Crippen LogP contribution is 2.35. The van der Waals surface area contributed by atoms with E-state index in [0.29, 0.717) is 12.3 Å². The van der Waals surface area contributed by atoms with Gasteiger partial charge < -0.3 is 5.32 Å². The van der Waals surface area contributed by atoms with Crippen molar-refractivity contribution < 1.29 is 4.79 Å². The fourth-order valence-corrected chi connectivity index (χ4v) is 2.68. The van der Waals surface area contributed by atoms with Gasteiger partial charge in [-0.3, -0.25) is 9.78 Å². The van der Waals surface area contributed by atoms with Gasteiger partial charge in [0, 0.05) is 30.1 Å². The Morgan fingerprint density at radius 3 is 2.75 bits per heavy atom. The van der Waals surface area contributed by atoms with Gasteiger partial charge in [-0.2, -0.15) is 0 Å². The molecule has 1 aliphatic rings. The average molecular weight is 266 g/mol. The summed E-state index contributed by atoms with van der Waals surface area (Å²) in [4.78, 5) is 15.8. The summed E-state index contributed by atoms with van der Waals surface area (Å²) in [6, 6.07) is 8.37. The Morgan fingerprint density at radius 2 is 2.05 bits per heavy atom. The molecule has 0 unspecified atom stereocenters. The van der Waals surface area contributed by atoms with E-state index >= 15 is 0 Å². The van der Waals surface area contributed by atoms with Gasteiger partial charge in [0.15, 0.2) is 0 Å². The van der Waals surface area contributed by atoms with Crippen LogP contribution in [0.4, 0.5) is 5.69 Å². The molecule has 1 aromatic carbocycles. The maximum Gasteiger partial charge on any atom is 0.224 e. The summed E-state index contributed by atoms with van der Waals surface area (Å²) in [6.45, 7) is 4.31. The van der Waals surface area contributed by atoms with E-state index in [9.17, 15) is 4.79 Å². The molecular weight excluding hydrogens is 248 g/mol. The first kappa shape index (κ1) is 12.9. The highest BCUT2D eigenvalue weighted by atomic mass is 16.1. The number of anilines is 1. The number of aromatic nitrogens is 1. The van der Waals surface area contributed by atoms with Crippen molar-refractivity contribution in [2.24, 2.45) is 0 Å². The molecule has 0 radical (unpaired) electrons. The van der Waals surface area contributed by atoms with Crippen molar-refractivity contribution in [1.82, 2.24) is 4.98 Å². The van der Waals surface area contributed by atoms with E-state index in [1.54, 1.807) is 6.20 Å². The predicted octanol–water partition coefficient (Wildman–Crippen LogP) is 3.76. The topological polar surface area (TPSA) is 42.0 Å². The molecule has 0 spiro atoms. The zero-order valence-corrected chi connectivity index (χ0v) is 11.8. The number of nitrogens with one attached hydrogen (secondary N) is 1. The van der Waals surface area contributed by atoms with E-state index in [4.69, 9.17) is 0 Å². The van der Waals surface area contributed by atoms with Gasteiger partial charge in [0.2, 0.25) is 5.91 Å². The number of nitrogens with zero attached hydrogens (tertiary/aromatic N) is 1. The Bertz CT molecular complexity index is 648. The monoisotopic (exact) mass is 266 g/mol. The van der Waals surface area contributed by atoms with Gasteiger partial charge in [0.25, 0.3) is 0 Å². The fourth-order valence-electron chi connectivity index (χ4n) is 2.68. The standard InChI is InChI=1S/C17H18N2O/c1-11(2)15-9-14(13-4-3-7-18-10-13)8-12-5-6-16(20)19-17(12)15/h3-4,7-11H,5-6H2,1-2H3,(H,19,20). The van der Waals surface area contributed by atoms with E-state index in [0.717, 1.165) is 17.7 Å². The number of carbonyl (C=O) groups is 1. The summed E-state index contributed by atoms with van der Waals surface area (Å²) in [7, 11) is 0. The first-order chi connectivity index (χ1) is 9.65. The lowest BCUT2D eigenvalue weighted by molar-refractivity contribution is -0.116. The van der Waals surface area contributed by atoms with Crippen molar-refractivity contribution in [3.05, 3.63) is 47.8 Å². The summed E-state index contributed by atoms with van der Waals surface area (Å²) in [6.07, 6.45) is 5.05. The van der Waals surface area contributed by atoms with Crippen LogP contribution in [-0.2, 0) is 11.2 Å². The SMILES string of the molecule is CC(C)c1cc(-c2cccnc2)cc2c1NC(=O)CC2. The summed E-state index contributed by atoms with van der Waals surface area (Å²) in [5.41, 5.74) is 5.75. The minimum absolute atomic E-state index is 0.119. The third-order valence-electron chi connectivity index (χ3n) is 3.75. The molecule has 0 fully saturated rings. The Morgan fingerprint density at radius 1 is 1.20 bits per heavy atom. The summed E-state index contributed by atoms with van der Waals surface area (Å²) in [5.74, 6) is 0.493. The van der Waals surface area contributed by atoms with Gasteiger partial charge in [-0.1, -0.05) is 19.9 Å². The second-order valence-corrected chi connectivity index (χ2v) is 5.54. The van der Waals surface area contributed by atoms with Crippen LogP contribution in [0.2, 0.25) is 0 Å². The number of hydrogen-bond acceptors (Lipinski definition) is 2. The van der Waals surface area contributed by atoms with Crippen molar-refractivity contribution in [2.45, 2.75) is 32.6 Å². The van der Waals surface area contributed by atoms with Gasteiger partial charge in [-0.05, 0) is 47.2 Å². The molecule has 20 heavy (non-hydrogen) atoms. The number of aryl methyl sites for hydroxylation is 1. The van der Waals surface area contributed by atoms with Crippen LogP contribution in [0.5, 0.6) is 0 Å². The summed E-state index contributed by atoms with van der Waals surface area (Å²) >= 11 is 0. The maximum absolute atomic E-state index is 11.6. The predicted molar refractivity (Wildman–Crippen MR) is 80.7 cm³/mol. The number of fused-ring (bicyclic) bond motifs is 1. The number of benzene rings is 1. The molecule has 3 heteroatoms. The quantitative estimate of drug-likeness (QED) is 0.899. The van der Waals surface area contributed by atoms with Crippen LogP contribution in [-0.4, -0.2) is 10.9 Å². The second-order valence-electron chi connectivity index (χ2n) is 5.54. The molecule has 3 rings (SSSR count). The van der Waals surface area contributed by atoms with Crippen LogP contribution in [0.3, 0.4) is 0 Å². The van der Waals surface area contributed by atoms with Crippen LogP contribution in [0.1, 0.15) is 37.3 Å². The lowest BCUT2D eigenvalue weighted by Crippen LogP contribution is -2.20. The lowest BCUT2D eigenvalue weighted by atomic mass is 9.89. The summed E-state index contributed by atoms with van der Waals surface area (Å²) in [5, 5.41) is 3.03. The normalized spacial score (nSPS) is 14.1. The van der Waals surface area contributed by atoms with E-state index in [-0.39, 0.29) is 5.91 Å². The maximum atomic E-state index is 11.6. The zero-order chi connectivity index (χ0) is 14.1. The number of rotatable bonds is 2. The van der Waals surface area contributed by atoms with Crippen molar-refractivity contribution in [3.63, 3.8) is 0 Å². The van der Waals surface area contributed by atoms with Crippen LogP contribution in [0, 0.1) is 0 Å². The van der Waals surface area contributed by atoms with Gasteiger partial charge in [-0.15, -0.1) is 0 Å². The summed E-state index contributed by atoms with van der Waals surface area (Å²) < 4.78 is 0. The highest BCUT2D eigenvalue weighted by molar-refractivity contribution is 5.95. The van der Waals surface area contributed by atoms with E-state index < -0.39 is 0 Å². The Hall–Kier alpha value is -2.16. The molecule has 1 amide bonds. The van der Waals surface area contributed by atoms with Crippen molar-refractivity contribution in [1.29, 1.82) is 0 Å². The van der Waals surface area contributed by atoms with E-state index in [2.05, 4.69) is 42.3 Å². The zero-order valence-electron chi connectivity index (χ0n) is 11.8. The molecule has 1 aliphatic heterocycles. The van der Waals surface area contributed by atoms with Crippen molar-refractivity contribution in [2.75, 3.05) is 5.32 Å². The van der Waals surface area contributed by atoms with Crippen LogP contribution < -0.4 is 5.32 Å². The molecule has 3 nitrogen and oxygen atoms in total. The first-order valence-electron chi connectivity index (χ1n) is 7.02. The Labute approximate surface area is 119 Å². The third kappa shape index (κ3) is 2.31. The smallest absolute Gasteiger partial charge is 0.224 e. The Balaban J connectivity index is 2.15. The van der Waals surface area contributed by atoms with Crippen molar-refractivity contribution in [3.8, 4) is 11.1 Å². The van der Waals surface area contributed by atoms with Crippen LogP contribution in [0.25, 0.3) is 11.1 Å². The van der Waals surface area contributed by atoms with Gasteiger partial charge in [0.05, 0.1) is 0 Å². The van der Waals surface area contributed by atoms with Crippen LogP contribution >= 0.6 is 0 Å². The highest BCUT2D eigenvalue weighted by Gasteiger charge is 2.20. The molecular formula is C17H18N2O. The first-order valence-corrected chi connectivity index (χ1v) is 7.02. The number of hydrogen-bond donors (Lipinski definition) is 1. The molecule has 1 N–H and O–H groups in total. The Kier molecular flexibility index (Phi) is 3.26. The molecule has 0 saturated heterocycles. The molecule has 0 saturated carbocycles. The minimum Gasteiger partial charge on any atom is -0.326 e. The number of amides is 1. The fraction of sp³-hybridized carbons (Fsp3) is 0.294. The molecule has 0 atom stereocenters. The molecule has 2 heterocycles. The minimum atomic E-state index is 0.119. The molecule has 2 aromatic rings. The molecule has 0 bridgehead atoms. The molecule has 1 aromatic heterocycles. The van der Waals surface area contributed by atoms with Gasteiger partial charge >= 0.3 is 0 Å². The van der Waals surface area contributed by atoms with E-state index in [1.165, 1.54) is 16.7 Å². The van der Waals surface area contributed by atoms with Gasteiger partial charge in [-0.25, -0.2) is 0 Å². The molecule has 102 valence electrons. The van der Waals surface area contributed by atoms with Crippen LogP contribution in [0.15, 0.2) is 36.7 Å². The van der Waals surface area contributed by atoms with Gasteiger partial charge in [0.1, 0.15) is 0 Å².